The molecule has 3 N–H and O–H groups in total. The Labute approximate surface area is 165 Å². The van der Waals surface area contributed by atoms with Gasteiger partial charge in [-0.3, -0.25) is 14.9 Å². The van der Waals surface area contributed by atoms with Crippen molar-refractivity contribution >= 4 is 23.6 Å². The molecule has 0 aromatic carbocycles. The third kappa shape index (κ3) is 4.44. The number of hydrogen-bond donors (Lipinski definition) is 3. The third-order valence-corrected chi connectivity index (χ3v) is 8.55. The lowest BCUT2D eigenvalue weighted by Crippen LogP contribution is -2.49. The van der Waals surface area contributed by atoms with Gasteiger partial charge in [-0.1, -0.05) is 6.42 Å². The first kappa shape index (κ1) is 19.5. The first-order valence-electron chi connectivity index (χ1n) is 10.6. The molecule has 0 aromatic rings. The largest absolute Gasteiger partial charge is 0.354 e. The van der Waals surface area contributed by atoms with Crippen LogP contribution in [0.15, 0.2) is 0 Å². The first-order valence-corrected chi connectivity index (χ1v) is 11.6. The molecule has 0 spiro atoms. The number of carbonyl (C=O) groups excluding carboxylic acids is 2. The van der Waals surface area contributed by atoms with E-state index in [-0.39, 0.29) is 29.3 Å². The van der Waals surface area contributed by atoms with Gasteiger partial charge in [0.15, 0.2) is 0 Å². The summed E-state index contributed by atoms with van der Waals surface area (Å²) in [5.74, 6) is 1.19. The van der Waals surface area contributed by atoms with Crippen molar-refractivity contribution in [2.45, 2.75) is 93.7 Å². The average molecular weight is 398 g/mol. The fourth-order valence-electron chi connectivity index (χ4n) is 5.78. The van der Waals surface area contributed by atoms with Crippen molar-refractivity contribution in [2.24, 2.45) is 17.8 Å². The maximum Gasteiger partial charge on any atom is 0.225 e. The SMILES string of the molecule is CC(=O)N[C@@H]1CCC[C@@H](C(=O)NC2NC3CCC4CC(F)CCC4C3S2)C1. The van der Waals surface area contributed by atoms with Crippen molar-refractivity contribution < 1.29 is 14.0 Å². The molecule has 7 heteroatoms. The summed E-state index contributed by atoms with van der Waals surface area (Å²) in [7, 11) is 0. The quantitative estimate of drug-likeness (QED) is 0.685. The number of hydrogen-bond acceptors (Lipinski definition) is 4. The molecule has 0 aromatic heterocycles. The summed E-state index contributed by atoms with van der Waals surface area (Å²) < 4.78 is 13.8. The zero-order chi connectivity index (χ0) is 19.0. The monoisotopic (exact) mass is 397 g/mol. The smallest absolute Gasteiger partial charge is 0.225 e. The van der Waals surface area contributed by atoms with Gasteiger partial charge in [0.25, 0.3) is 0 Å². The molecule has 152 valence electrons. The molecule has 3 saturated carbocycles. The van der Waals surface area contributed by atoms with Crippen LogP contribution in [0, 0.1) is 17.8 Å². The summed E-state index contributed by atoms with van der Waals surface area (Å²) in [5.41, 5.74) is -0.0320. The minimum atomic E-state index is -0.611. The lowest BCUT2D eigenvalue weighted by Gasteiger charge is -2.42. The summed E-state index contributed by atoms with van der Waals surface area (Å²) in [5, 5.41) is 10.3. The Morgan fingerprint density at radius 3 is 2.70 bits per heavy atom. The Balaban J connectivity index is 1.30. The van der Waals surface area contributed by atoms with Crippen molar-refractivity contribution in [2.75, 3.05) is 0 Å². The Morgan fingerprint density at radius 1 is 1.04 bits per heavy atom. The van der Waals surface area contributed by atoms with Crippen LogP contribution in [-0.2, 0) is 9.59 Å². The minimum absolute atomic E-state index is 0.0179. The van der Waals surface area contributed by atoms with Gasteiger partial charge in [-0.05, 0) is 63.2 Å². The number of thioether (sulfide) groups is 1. The highest BCUT2D eigenvalue weighted by Gasteiger charge is 2.48. The number of rotatable bonds is 3. The lowest BCUT2D eigenvalue weighted by atomic mass is 9.68. The molecular weight excluding hydrogens is 365 g/mol. The molecule has 1 saturated heterocycles. The van der Waals surface area contributed by atoms with Crippen molar-refractivity contribution in [3.05, 3.63) is 0 Å². The Kier molecular flexibility index (Phi) is 5.97. The number of fused-ring (bicyclic) bond motifs is 3. The van der Waals surface area contributed by atoms with E-state index in [0.717, 1.165) is 51.4 Å². The van der Waals surface area contributed by atoms with Crippen molar-refractivity contribution in [1.29, 1.82) is 0 Å². The van der Waals surface area contributed by atoms with Gasteiger partial charge in [0.1, 0.15) is 11.7 Å². The highest BCUT2D eigenvalue weighted by atomic mass is 32.2. The van der Waals surface area contributed by atoms with E-state index in [4.69, 9.17) is 0 Å². The van der Waals surface area contributed by atoms with E-state index >= 15 is 0 Å². The molecule has 4 rings (SSSR count). The highest BCUT2D eigenvalue weighted by molar-refractivity contribution is 8.00. The fourth-order valence-corrected chi connectivity index (χ4v) is 7.50. The standard InChI is InChI=1S/C20H32FN3O2S/c1-11(25)22-15-4-2-3-13(10-15)19(26)24-20-23-17-8-5-12-9-14(21)6-7-16(12)18(17)27-20/h12-18,20,23H,2-10H2,1H3,(H,22,25)(H,24,26)/t12?,13-,14?,15-,16?,17?,18?,20?/m1/s1. The first-order chi connectivity index (χ1) is 13.0. The fraction of sp³-hybridized carbons (Fsp3) is 0.900. The molecule has 5 nitrogen and oxygen atoms in total. The molecule has 8 atom stereocenters. The van der Waals surface area contributed by atoms with Gasteiger partial charge in [0.05, 0.1) is 0 Å². The van der Waals surface area contributed by atoms with E-state index in [1.54, 1.807) is 0 Å². The Morgan fingerprint density at radius 2 is 1.89 bits per heavy atom. The Bertz CT molecular complexity index is 577. The van der Waals surface area contributed by atoms with E-state index in [2.05, 4.69) is 16.0 Å². The second-order valence-corrected chi connectivity index (χ2v) is 10.2. The second kappa shape index (κ2) is 8.27. The van der Waals surface area contributed by atoms with Crippen molar-refractivity contribution in [1.82, 2.24) is 16.0 Å². The lowest BCUT2D eigenvalue weighted by molar-refractivity contribution is -0.127. The molecule has 0 radical (unpaired) electrons. The predicted molar refractivity (Wildman–Crippen MR) is 105 cm³/mol. The van der Waals surface area contributed by atoms with Crippen LogP contribution >= 0.6 is 11.8 Å². The van der Waals surface area contributed by atoms with Gasteiger partial charge in [0, 0.05) is 30.2 Å². The number of carbonyl (C=O) groups is 2. The van der Waals surface area contributed by atoms with Crippen LogP contribution in [0.25, 0.3) is 0 Å². The summed E-state index contributed by atoms with van der Waals surface area (Å²) >= 11 is 1.85. The van der Waals surface area contributed by atoms with Gasteiger partial charge >= 0.3 is 0 Å². The van der Waals surface area contributed by atoms with Crippen LogP contribution in [0.5, 0.6) is 0 Å². The van der Waals surface area contributed by atoms with Crippen molar-refractivity contribution in [3.63, 3.8) is 0 Å². The van der Waals surface area contributed by atoms with Gasteiger partial charge in [-0.15, -0.1) is 11.8 Å². The van der Waals surface area contributed by atoms with Crippen LogP contribution in [-0.4, -0.2) is 40.8 Å². The topological polar surface area (TPSA) is 70.2 Å². The third-order valence-electron chi connectivity index (χ3n) is 7.03. The summed E-state index contributed by atoms with van der Waals surface area (Å²) in [6, 6.07) is 0.562. The molecule has 6 unspecified atom stereocenters. The summed E-state index contributed by atoms with van der Waals surface area (Å²) in [6.07, 6.45) is 7.59. The maximum absolute atomic E-state index is 13.8. The average Bonchev–Trinajstić information content (AvgIpc) is 3.03. The van der Waals surface area contributed by atoms with Crippen LogP contribution in [0.4, 0.5) is 4.39 Å². The Hall–Kier alpha value is -0.820. The van der Waals surface area contributed by atoms with Crippen LogP contribution in [0.2, 0.25) is 0 Å². The van der Waals surface area contributed by atoms with Crippen LogP contribution in [0.1, 0.15) is 64.7 Å². The molecule has 1 heterocycles. The van der Waals surface area contributed by atoms with Crippen LogP contribution in [0.3, 0.4) is 0 Å². The molecule has 27 heavy (non-hydrogen) atoms. The molecule has 1 aliphatic heterocycles. The van der Waals surface area contributed by atoms with E-state index in [0.29, 0.717) is 29.5 Å². The molecule has 0 bridgehead atoms. The number of nitrogens with one attached hydrogen (secondary N) is 3. The van der Waals surface area contributed by atoms with Gasteiger partial charge in [-0.25, -0.2) is 4.39 Å². The molecule has 4 aliphatic rings. The van der Waals surface area contributed by atoms with E-state index in [9.17, 15) is 14.0 Å². The number of alkyl halides is 1. The van der Waals surface area contributed by atoms with E-state index < -0.39 is 6.17 Å². The number of amides is 2. The zero-order valence-corrected chi connectivity index (χ0v) is 16.9. The summed E-state index contributed by atoms with van der Waals surface area (Å²) in [4.78, 5) is 24.1. The molecule has 4 fully saturated rings. The highest BCUT2D eigenvalue weighted by Crippen LogP contribution is 2.49. The molecular formula is C20H32FN3O2S. The predicted octanol–water partition coefficient (Wildman–Crippen LogP) is 2.70. The van der Waals surface area contributed by atoms with Gasteiger partial charge in [0.2, 0.25) is 11.8 Å². The van der Waals surface area contributed by atoms with Gasteiger partial charge < -0.3 is 10.6 Å². The van der Waals surface area contributed by atoms with Crippen molar-refractivity contribution in [3.8, 4) is 0 Å². The normalized spacial score (nSPS) is 44.1. The van der Waals surface area contributed by atoms with E-state index in [1.165, 1.54) is 6.92 Å². The van der Waals surface area contributed by atoms with Crippen LogP contribution < -0.4 is 16.0 Å². The minimum Gasteiger partial charge on any atom is -0.354 e. The number of halogens is 1. The van der Waals surface area contributed by atoms with Gasteiger partial charge in [-0.2, -0.15) is 0 Å². The molecule has 2 amide bonds. The molecule has 3 aliphatic carbocycles. The maximum atomic E-state index is 13.8. The second-order valence-electron chi connectivity index (χ2n) is 8.94. The zero-order valence-electron chi connectivity index (χ0n) is 16.1. The van der Waals surface area contributed by atoms with E-state index in [1.807, 2.05) is 11.8 Å². The summed E-state index contributed by atoms with van der Waals surface area (Å²) in [6.45, 7) is 1.54.